The highest BCUT2D eigenvalue weighted by atomic mass is 35.5. The molecular weight excluding hydrogens is 390 g/mol. The van der Waals surface area contributed by atoms with Gasteiger partial charge in [-0.15, -0.1) is 0 Å². The van der Waals surface area contributed by atoms with E-state index in [1.165, 1.54) is 0 Å². The lowest BCUT2D eigenvalue weighted by Crippen LogP contribution is -2.43. The Bertz CT molecular complexity index is 762. The molecule has 8 heteroatoms. The molecule has 0 radical (unpaired) electrons. The molecule has 5 nitrogen and oxygen atoms in total. The number of nitrogens with one attached hydrogen (secondary N) is 1. The zero-order valence-corrected chi connectivity index (χ0v) is 16.6. The van der Waals surface area contributed by atoms with Gasteiger partial charge in [0.2, 0.25) is 5.92 Å². The summed E-state index contributed by atoms with van der Waals surface area (Å²) in [6, 6.07) is 3.15. The van der Waals surface area contributed by atoms with Crippen molar-refractivity contribution in [2.75, 3.05) is 19.7 Å². The average Bonchev–Trinajstić information content (AvgIpc) is 2.66. The number of Topliss-reactive ketones (excluding diaryl/α,β-unsaturated/α-hetero) is 1. The van der Waals surface area contributed by atoms with Gasteiger partial charge in [-0.1, -0.05) is 17.7 Å². The topological polar surface area (TPSA) is 69.6 Å². The number of benzene rings is 1. The first-order chi connectivity index (χ1) is 13.2. The van der Waals surface area contributed by atoms with E-state index >= 15 is 0 Å². The molecule has 3 rings (SSSR count). The van der Waals surface area contributed by atoms with Crippen LogP contribution in [0.2, 0.25) is 5.02 Å². The second-order valence-corrected chi connectivity index (χ2v) is 8.23. The molecule has 1 aliphatic carbocycles. The summed E-state index contributed by atoms with van der Waals surface area (Å²) in [5, 5.41) is 12.3. The minimum atomic E-state index is -2.60. The number of halogens is 3. The summed E-state index contributed by atoms with van der Waals surface area (Å²) >= 11 is 6.24. The van der Waals surface area contributed by atoms with E-state index in [-0.39, 0.29) is 60.9 Å². The van der Waals surface area contributed by atoms with Crippen molar-refractivity contribution in [1.82, 2.24) is 10.2 Å². The molecule has 1 heterocycles. The lowest BCUT2D eigenvalue weighted by molar-refractivity contribution is -0.0452. The highest BCUT2D eigenvalue weighted by molar-refractivity contribution is 6.35. The van der Waals surface area contributed by atoms with Crippen LogP contribution in [-0.4, -0.2) is 53.4 Å². The summed E-state index contributed by atoms with van der Waals surface area (Å²) in [6.45, 7) is 2.60. The summed E-state index contributed by atoms with van der Waals surface area (Å²) in [5.41, 5.74) is 1.17. The predicted octanol–water partition coefficient (Wildman–Crippen LogP) is 3.27. The van der Waals surface area contributed by atoms with Gasteiger partial charge in [-0.2, -0.15) is 0 Å². The van der Waals surface area contributed by atoms with E-state index in [9.17, 15) is 23.5 Å². The quantitative estimate of drug-likeness (QED) is 0.775. The van der Waals surface area contributed by atoms with Gasteiger partial charge in [-0.05, 0) is 37.3 Å². The number of nitrogens with zero attached hydrogens (tertiary/aromatic N) is 1. The fraction of sp³-hybridized carbons (Fsp3) is 0.600. The maximum atomic E-state index is 13.3. The van der Waals surface area contributed by atoms with Gasteiger partial charge >= 0.3 is 0 Å². The Morgan fingerprint density at radius 3 is 2.68 bits per heavy atom. The summed E-state index contributed by atoms with van der Waals surface area (Å²) in [5.74, 6) is -3.27. The summed E-state index contributed by atoms with van der Waals surface area (Å²) in [4.78, 5) is 27.4. The number of ketones is 1. The van der Waals surface area contributed by atoms with E-state index in [1.54, 1.807) is 12.1 Å². The van der Waals surface area contributed by atoms with E-state index in [0.717, 1.165) is 0 Å². The van der Waals surface area contributed by atoms with E-state index < -0.39 is 11.8 Å². The number of hydrogen-bond acceptors (Lipinski definition) is 4. The molecular formula is C20H25ClF2N2O3. The minimum absolute atomic E-state index is 0.00140. The van der Waals surface area contributed by atoms with Crippen LogP contribution in [0.4, 0.5) is 8.78 Å². The average molecular weight is 415 g/mol. The molecule has 1 saturated carbocycles. The largest absolute Gasteiger partial charge is 0.395 e. The van der Waals surface area contributed by atoms with E-state index in [1.807, 2.05) is 11.8 Å². The number of amides is 1. The molecule has 154 valence electrons. The van der Waals surface area contributed by atoms with Gasteiger partial charge < -0.3 is 10.4 Å². The van der Waals surface area contributed by atoms with Crippen LogP contribution in [-0.2, 0) is 6.54 Å². The van der Waals surface area contributed by atoms with Crippen LogP contribution in [0.15, 0.2) is 12.1 Å². The Balaban J connectivity index is 1.74. The van der Waals surface area contributed by atoms with Crippen LogP contribution in [0.3, 0.4) is 0 Å². The molecule has 1 aromatic carbocycles. The monoisotopic (exact) mass is 414 g/mol. The molecule has 2 N–H and O–H groups in total. The van der Waals surface area contributed by atoms with Crippen LogP contribution in [0.25, 0.3) is 0 Å². The molecule has 1 aromatic rings. The SMILES string of the molecule is C[C@H](CO)N1CC(=O)c2c(ccc(Cl)c2C(=O)NCC2CCC(F)(F)CC2)C1. The number of rotatable bonds is 5. The first-order valence-electron chi connectivity index (χ1n) is 9.57. The third-order valence-electron chi connectivity index (χ3n) is 5.74. The zero-order valence-electron chi connectivity index (χ0n) is 15.8. The molecule has 0 saturated heterocycles. The van der Waals surface area contributed by atoms with E-state index in [0.29, 0.717) is 30.5 Å². The Morgan fingerprint density at radius 2 is 2.04 bits per heavy atom. The molecule has 1 amide bonds. The number of carbonyl (C=O) groups is 2. The second kappa shape index (κ2) is 8.43. The van der Waals surface area contributed by atoms with Crippen LogP contribution >= 0.6 is 11.6 Å². The van der Waals surface area contributed by atoms with Gasteiger partial charge in [0.25, 0.3) is 5.91 Å². The first kappa shape index (κ1) is 21.1. The fourth-order valence-corrected chi connectivity index (χ4v) is 4.13. The van der Waals surface area contributed by atoms with Gasteiger partial charge in [-0.3, -0.25) is 14.5 Å². The summed E-state index contributed by atoms with van der Waals surface area (Å²) in [7, 11) is 0. The number of hydrogen-bond donors (Lipinski definition) is 2. The summed E-state index contributed by atoms with van der Waals surface area (Å²) < 4.78 is 26.6. The molecule has 1 aliphatic heterocycles. The minimum Gasteiger partial charge on any atom is -0.395 e. The lowest BCUT2D eigenvalue weighted by atomic mass is 9.86. The Morgan fingerprint density at radius 1 is 1.36 bits per heavy atom. The molecule has 1 atom stereocenters. The molecule has 0 aromatic heterocycles. The van der Waals surface area contributed by atoms with Crippen molar-refractivity contribution in [1.29, 1.82) is 0 Å². The Hall–Kier alpha value is -1.57. The third-order valence-corrected chi connectivity index (χ3v) is 6.06. The summed E-state index contributed by atoms with van der Waals surface area (Å²) in [6.07, 6.45) is 0.403. The fourth-order valence-electron chi connectivity index (χ4n) is 3.89. The number of carbonyl (C=O) groups excluding carboxylic acids is 2. The van der Waals surface area contributed by atoms with Gasteiger partial charge in [0.1, 0.15) is 0 Å². The highest BCUT2D eigenvalue weighted by Gasteiger charge is 2.35. The Kier molecular flexibility index (Phi) is 6.37. The van der Waals surface area contributed by atoms with Crippen LogP contribution in [0, 0.1) is 5.92 Å². The molecule has 1 fully saturated rings. The number of aliphatic hydroxyl groups excluding tert-OH is 1. The molecule has 28 heavy (non-hydrogen) atoms. The molecule has 2 aliphatic rings. The smallest absolute Gasteiger partial charge is 0.253 e. The zero-order chi connectivity index (χ0) is 20.5. The van der Waals surface area contributed by atoms with Crippen molar-refractivity contribution in [3.05, 3.63) is 33.8 Å². The maximum absolute atomic E-state index is 13.3. The van der Waals surface area contributed by atoms with Crippen molar-refractivity contribution in [3.8, 4) is 0 Å². The Labute approximate surface area is 168 Å². The van der Waals surface area contributed by atoms with Gasteiger partial charge in [0.15, 0.2) is 5.78 Å². The van der Waals surface area contributed by atoms with Crippen molar-refractivity contribution < 1.29 is 23.5 Å². The van der Waals surface area contributed by atoms with E-state index in [2.05, 4.69) is 5.32 Å². The van der Waals surface area contributed by atoms with Crippen LogP contribution in [0.1, 0.15) is 58.9 Å². The van der Waals surface area contributed by atoms with Gasteiger partial charge in [0, 0.05) is 37.5 Å². The lowest BCUT2D eigenvalue weighted by Gasteiger charge is -2.33. The molecule has 0 unspecified atom stereocenters. The van der Waals surface area contributed by atoms with Crippen LogP contribution < -0.4 is 5.32 Å². The maximum Gasteiger partial charge on any atom is 0.253 e. The number of fused-ring (bicyclic) bond motifs is 1. The first-order valence-corrected chi connectivity index (χ1v) is 9.95. The van der Waals surface area contributed by atoms with Crippen molar-refractivity contribution in [2.45, 2.75) is 51.1 Å². The van der Waals surface area contributed by atoms with E-state index in [4.69, 9.17) is 11.6 Å². The van der Waals surface area contributed by atoms with Crippen molar-refractivity contribution in [2.24, 2.45) is 5.92 Å². The van der Waals surface area contributed by atoms with Gasteiger partial charge in [-0.25, -0.2) is 8.78 Å². The van der Waals surface area contributed by atoms with Crippen LogP contribution in [0.5, 0.6) is 0 Å². The molecule has 0 bridgehead atoms. The van der Waals surface area contributed by atoms with Crippen molar-refractivity contribution >= 4 is 23.3 Å². The standard InChI is InChI=1S/C20H25ClF2N2O3/c1-12(11-26)25-9-14-2-3-15(21)18(17(14)16(27)10-25)19(28)24-8-13-4-6-20(22,23)7-5-13/h2-3,12-13,26H,4-11H2,1H3,(H,24,28)/t12-/m1/s1. The third kappa shape index (κ3) is 4.53. The predicted molar refractivity (Wildman–Crippen MR) is 102 cm³/mol. The molecule has 0 spiro atoms. The second-order valence-electron chi connectivity index (χ2n) is 7.83. The van der Waals surface area contributed by atoms with Crippen molar-refractivity contribution in [3.63, 3.8) is 0 Å². The van der Waals surface area contributed by atoms with Gasteiger partial charge in [0.05, 0.1) is 23.7 Å². The number of alkyl halides is 2. The number of aliphatic hydroxyl groups is 1. The highest BCUT2D eigenvalue weighted by Crippen LogP contribution is 2.36. The normalized spacial score (nSPS) is 21.2.